The first-order chi connectivity index (χ1) is 12.9. The van der Waals surface area contributed by atoms with Crippen LogP contribution in [0.15, 0.2) is 21.5 Å². The minimum atomic E-state index is -0.890. The molecule has 0 aliphatic carbocycles. The van der Waals surface area contributed by atoms with E-state index in [9.17, 15) is 9.59 Å². The molecular formula is C18H20BrNO5S2. The van der Waals surface area contributed by atoms with Gasteiger partial charge in [-0.25, -0.2) is 0 Å². The Morgan fingerprint density at radius 2 is 2.04 bits per heavy atom. The Bertz CT molecular complexity index is 781. The number of benzene rings is 1. The number of amides is 1. The Morgan fingerprint density at radius 1 is 1.33 bits per heavy atom. The molecule has 1 aromatic carbocycles. The van der Waals surface area contributed by atoms with E-state index < -0.39 is 5.97 Å². The highest BCUT2D eigenvalue weighted by atomic mass is 79.9. The van der Waals surface area contributed by atoms with Gasteiger partial charge in [-0.1, -0.05) is 24.0 Å². The zero-order chi connectivity index (χ0) is 20.0. The van der Waals surface area contributed by atoms with Crippen LogP contribution in [0, 0.1) is 0 Å². The summed E-state index contributed by atoms with van der Waals surface area (Å²) in [5.41, 5.74) is 0.778. The van der Waals surface area contributed by atoms with Crippen LogP contribution < -0.4 is 9.47 Å². The molecule has 0 spiro atoms. The van der Waals surface area contributed by atoms with Crippen LogP contribution in [-0.2, 0) is 9.59 Å². The number of ether oxygens (including phenoxy) is 2. The van der Waals surface area contributed by atoms with E-state index in [1.165, 1.54) is 16.7 Å². The number of hydrogen-bond donors (Lipinski definition) is 1. The smallest absolute Gasteiger partial charge is 0.303 e. The van der Waals surface area contributed by atoms with Crippen molar-refractivity contribution in [3.8, 4) is 11.5 Å². The van der Waals surface area contributed by atoms with Crippen LogP contribution >= 0.6 is 39.9 Å². The number of hydrogen-bond acceptors (Lipinski definition) is 6. The van der Waals surface area contributed by atoms with E-state index in [1.54, 1.807) is 6.08 Å². The van der Waals surface area contributed by atoms with E-state index in [0.29, 0.717) is 46.9 Å². The summed E-state index contributed by atoms with van der Waals surface area (Å²) in [6.45, 7) is 5.07. The molecule has 27 heavy (non-hydrogen) atoms. The van der Waals surface area contributed by atoms with Crippen LogP contribution in [-0.4, -0.2) is 46.0 Å². The number of nitrogens with zero attached hydrogens (tertiary/aromatic N) is 1. The van der Waals surface area contributed by atoms with Gasteiger partial charge in [-0.2, -0.15) is 0 Å². The summed E-state index contributed by atoms with van der Waals surface area (Å²) in [7, 11) is 0. The van der Waals surface area contributed by atoms with Crippen LogP contribution in [0.3, 0.4) is 0 Å². The minimum Gasteiger partial charge on any atom is -0.490 e. The third kappa shape index (κ3) is 5.70. The van der Waals surface area contributed by atoms with Crippen molar-refractivity contribution in [2.75, 3.05) is 19.8 Å². The molecule has 0 aromatic heterocycles. The molecule has 9 heteroatoms. The van der Waals surface area contributed by atoms with E-state index in [1.807, 2.05) is 26.0 Å². The molecule has 0 atom stereocenters. The van der Waals surface area contributed by atoms with Gasteiger partial charge in [0, 0.05) is 13.0 Å². The van der Waals surface area contributed by atoms with Gasteiger partial charge in [0.2, 0.25) is 0 Å². The second-order valence-corrected chi connectivity index (χ2v) is 8.06. The lowest BCUT2D eigenvalue weighted by Crippen LogP contribution is -2.29. The molecule has 0 saturated carbocycles. The summed E-state index contributed by atoms with van der Waals surface area (Å²) in [6, 6.07) is 3.67. The molecule has 0 radical (unpaired) electrons. The van der Waals surface area contributed by atoms with Crippen molar-refractivity contribution >= 4 is 62.2 Å². The van der Waals surface area contributed by atoms with Crippen molar-refractivity contribution in [1.82, 2.24) is 4.90 Å². The molecule has 1 aliphatic heterocycles. The molecule has 1 N–H and O–H groups in total. The number of halogens is 1. The van der Waals surface area contributed by atoms with E-state index in [2.05, 4.69) is 15.9 Å². The Morgan fingerprint density at radius 3 is 2.67 bits per heavy atom. The lowest BCUT2D eigenvalue weighted by molar-refractivity contribution is -0.137. The van der Waals surface area contributed by atoms with E-state index in [-0.39, 0.29) is 12.3 Å². The van der Waals surface area contributed by atoms with Crippen LogP contribution in [0.25, 0.3) is 6.08 Å². The molecule has 6 nitrogen and oxygen atoms in total. The highest BCUT2D eigenvalue weighted by Gasteiger charge is 2.31. The lowest BCUT2D eigenvalue weighted by atomic mass is 10.1. The molecule has 1 aliphatic rings. The number of carboxylic acids is 1. The summed E-state index contributed by atoms with van der Waals surface area (Å²) in [6.07, 6.45) is 2.11. The predicted molar refractivity (Wildman–Crippen MR) is 113 cm³/mol. The Kier molecular flexibility index (Phi) is 8.12. The number of carboxylic acid groups (broad SMARTS) is 1. The molecule has 1 saturated heterocycles. The zero-order valence-electron chi connectivity index (χ0n) is 15.0. The van der Waals surface area contributed by atoms with Crippen molar-refractivity contribution in [2.45, 2.75) is 26.7 Å². The van der Waals surface area contributed by atoms with Gasteiger partial charge >= 0.3 is 5.97 Å². The fraction of sp³-hybridized carbons (Fsp3) is 0.389. The number of rotatable bonds is 9. The van der Waals surface area contributed by atoms with Gasteiger partial charge in [-0.3, -0.25) is 14.5 Å². The minimum absolute atomic E-state index is 0.000336. The maximum absolute atomic E-state index is 12.6. The average Bonchev–Trinajstić information content (AvgIpc) is 2.85. The maximum Gasteiger partial charge on any atom is 0.303 e. The monoisotopic (exact) mass is 473 g/mol. The number of thiocarbonyl (C=S) groups is 1. The van der Waals surface area contributed by atoms with Gasteiger partial charge in [0.1, 0.15) is 4.32 Å². The standard InChI is InChI=1S/C18H20BrNO5S2/c1-3-24-13-9-11(8-12(19)16(13)25-4-2)10-14-17(23)20(18(26)27-14)7-5-6-15(21)22/h8-10H,3-7H2,1-2H3,(H,21,22)/b14-10-. The van der Waals surface area contributed by atoms with Crippen molar-refractivity contribution in [2.24, 2.45) is 0 Å². The third-order valence-corrected chi connectivity index (χ3v) is 5.53. The molecule has 1 amide bonds. The molecule has 0 unspecified atom stereocenters. The molecule has 1 aromatic rings. The first-order valence-electron chi connectivity index (χ1n) is 8.43. The van der Waals surface area contributed by atoms with E-state index >= 15 is 0 Å². The fourth-order valence-electron chi connectivity index (χ4n) is 2.45. The van der Waals surface area contributed by atoms with Gasteiger partial charge in [-0.05, 0) is 60.0 Å². The summed E-state index contributed by atoms with van der Waals surface area (Å²) < 4.78 is 12.4. The topological polar surface area (TPSA) is 76.1 Å². The van der Waals surface area contributed by atoms with Crippen molar-refractivity contribution < 1.29 is 24.2 Å². The largest absolute Gasteiger partial charge is 0.490 e. The highest BCUT2D eigenvalue weighted by Crippen LogP contribution is 2.39. The second kappa shape index (κ2) is 10.1. The van der Waals surface area contributed by atoms with Crippen molar-refractivity contribution in [3.05, 3.63) is 27.1 Å². The zero-order valence-corrected chi connectivity index (χ0v) is 18.2. The SMILES string of the molecule is CCOc1cc(/C=C2\SC(=S)N(CCCC(=O)O)C2=O)cc(Br)c1OCC. The summed E-state index contributed by atoms with van der Waals surface area (Å²) in [4.78, 5) is 25.2. The van der Waals surface area contributed by atoms with Gasteiger partial charge < -0.3 is 14.6 Å². The van der Waals surface area contributed by atoms with Crippen LogP contribution in [0.2, 0.25) is 0 Å². The lowest BCUT2D eigenvalue weighted by Gasteiger charge is -2.14. The van der Waals surface area contributed by atoms with Gasteiger partial charge in [0.05, 0.1) is 22.6 Å². The molecule has 146 valence electrons. The Hall–Kier alpha value is -1.58. The summed E-state index contributed by atoms with van der Waals surface area (Å²) >= 11 is 9.96. The van der Waals surface area contributed by atoms with E-state index in [0.717, 1.165) is 10.0 Å². The van der Waals surface area contributed by atoms with Crippen molar-refractivity contribution in [1.29, 1.82) is 0 Å². The van der Waals surface area contributed by atoms with E-state index in [4.69, 9.17) is 26.8 Å². The Labute approximate surface area is 176 Å². The maximum atomic E-state index is 12.6. The number of aliphatic carboxylic acids is 1. The Balaban J connectivity index is 2.23. The predicted octanol–water partition coefficient (Wildman–Crippen LogP) is 4.31. The highest BCUT2D eigenvalue weighted by molar-refractivity contribution is 9.10. The first kappa shape index (κ1) is 21.7. The van der Waals surface area contributed by atoms with Crippen LogP contribution in [0.4, 0.5) is 0 Å². The quantitative estimate of drug-likeness (QED) is 0.422. The molecule has 2 rings (SSSR count). The number of thioether (sulfide) groups is 1. The van der Waals surface area contributed by atoms with Crippen LogP contribution in [0.5, 0.6) is 11.5 Å². The third-order valence-electron chi connectivity index (χ3n) is 3.56. The molecule has 0 bridgehead atoms. The molecular weight excluding hydrogens is 454 g/mol. The van der Waals surface area contributed by atoms with Gasteiger partial charge in [0.25, 0.3) is 5.91 Å². The molecule has 1 fully saturated rings. The molecule has 1 heterocycles. The summed E-state index contributed by atoms with van der Waals surface area (Å²) in [5.74, 6) is 0.117. The number of carbonyl (C=O) groups excluding carboxylic acids is 1. The number of carbonyl (C=O) groups is 2. The van der Waals surface area contributed by atoms with Gasteiger partial charge in [-0.15, -0.1) is 0 Å². The second-order valence-electron chi connectivity index (χ2n) is 5.53. The van der Waals surface area contributed by atoms with Crippen LogP contribution in [0.1, 0.15) is 32.3 Å². The fourth-order valence-corrected chi connectivity index (χ4v) is 4.33. The summed E-state index contributed by atoms with van der Waals surface area (Å²) in [5, 5.41) is 8.74. The van der Waals surface area contributed by atoms with Crippen molar-refractivity contribution in [3.63, 3.8) is 0 Å². The average molecular weight is 474 g/mol. The first-order valence-corrected chi connectivity index (χ1v) is 10.4. The van der Waals surface area contributed by atoms with Gasteiger partial charge in [0.15, 0.2) is 11.5 Å². The normalized spacial score (nSPS) is 15.5.